The van der Waals surface area contributed by atoms with Crippen LogP contribution in [0.5, 0.6) is 0 Å². The molecule has 0 amide bonds. The summed E-state index contributed by atoms with van der Waals surface area (Å²) in [6, 6.07) is 0. The number of carbonyl (C=O) groups excluding carboxylic acids is 1. The Bertz CT molecular complexity index is 473. The average molecular weight is 263 g/mol. The fourth-order valence-electron chi connectivity index (χ4n) is 2.55. The molecule has 0 bridgehead atoms. The van der Waals surface area contributed by atoms with Crippen LogP contribution in [-0.2, 0) is 11.8 Å². The number of anilines is 1. The summed E-state index contributed by atoms with van der Waals surface area (Å²) < 4.78 is 6.33. The van der Waals surface area contributed by atoms with E-state index in [-0.39, 0.29) is 0 Å². The largest absolute Gasteiger partial charge is 0.464 e. The molecular formula is C14H21N3O2. The molecule has 1 aromatic rings. The molecule has 1 heterocycles. The molecule has 1 aliphatic rings. The third-order valence-corrected chi connectivity index (χ3v) is 3.60. The van der Waals surface area contributed by atoms with Crippen LogP contribution in [0, 0.1) is 5.92 Å². The molecule has 19 heavy (non-hydrogen) atoms. The van der Waals surface area contributed by atoms with Crippen LogP contribution in [0.25, 0.3) is 0 Å². The molecule has 0 saturated heterocycles. The van der Waals surface area contributed by atoms with Gasteiger partial charge in [0.05, 0.1) is 12.8 Å². The summed E-state index contributed by atoms with van der Waals surface area (Å²) >= 11 is 0. The van der Waals surface area contributed by atoms with Crippen molar-refractivity contribution in [3.8, 4) is 0 Å². The van der Waals surface area contributed by atoms with Crippen LogP contribution >= 0.6 is 0 Å². The van der Waals surface area contributed by atoms with E-state index in [0.717, 1.165) is 5.70 Å². The Labute approximate surface area is 113 Å². The highest BCUT2D eigenvalue weighted by molar-refractivity contribution is 5.93. The smallest absolute Gasteiger partial charge is 0.360 e. The zero-order valence-electron chi connectivity index (χ0n) is 11.6. The Morgan fingerprint density at radius 2 is 2.16 bits per heavy atom. The van der Waals surface area contributed by atoms with Crippen molar-refractivity contribution in [2.24, 2.45) is 13.0 Å². The van der Waals surface area contributed by atoms with Crippen molar-refractivity contribution in [3.63, 3.8) is 0 Å². The normalized spacial score (nSPS) is 16.1. The van der Waals surface area contributed by atoms with Gasteiger partial charge >= 0.3 is 5.97 Å². The first kappa shape index (κ1) is 13.6. The molecular weight excluding hydrogens is 242 g/mol. The number of ether oxygens (including phenoxy) is 1. The highest BCUT2D eigenvalue weighted by Crippen LogP contribution is 2.30. The Morgan fingerprint density at radius 3 is 2.79 bits per heavy atom. The summed E-state index contributed by atoms with van der Waals surface area (Å²) in [5, 5.41) is 7.36. The third kappa shape index (κ3) is 3.16. The number of carbonyl (C=O) groups is 1. The molecule has 1 N–H and O–H groups in total. The van der Waals surface area contributed by atoms with Crippen LogP contribution in [0.15, 0.2) is 18.5 Å². The maximum Gasteiger partial charge on any atom is 0.360 e. The Hall–Kier alpha value is -1.78. The van der Waals surface area contributed by atoms with Crippen LogP contribution in [0.2, 0.25) is 0 Å². The number of rotatable bonds is 4. The van der Waals surface area contributed by atoms with Gasteiger partial charge in [-0.05, 0) is 18.8 Å². The van der Waals surface area contributed by atoms with Crippen LogP contribution in [0.1, 0.15) is 42.6 Å². The molecule has 1 aromatic heterocycles. The first-order chi connectivity index (χ1) is 9.11. The van der Waals surface area contributed by atoms with Gasteiger partial charge in [-0.1, -0.05) is 25.8 Å². The molecule has 104 valence electrons. The van der Waals surface area contributed by atoms with E-state index in [9.17, 15) is 4.79 Å². The van der Waals surface area contributed by atoms with Crippen molar-refractivity contribution >= 4 is 11.7 Å². The lowest BCUT2D eigenvalue weighted by Gasteiger charge is -2.24. The molecule has 1 fully saturated rings. The van der Waals surface area contributed by atoms with Crippen LogP contribution in [0.3, 0.4) is 0 Å². The van der Waals surface area contributed by atoms with Crippen molar-refractivity contribution in [2.45, 2.75) is 32.1 Å². The molecule has 2 rings (SSSR count). The number of nitrogens with zero attached hydrogens (tertiary/aromatic N) is 2. The Morgan fingerprint density at radius 1 is 1.47 bits per heavy atom. The van der Waals surface area contributed by atoms with Gasteiger partial charge in [0.15, 0.2) is 5.69 Å². The van der Waals surface area contributed by atoms with E-state index in [1.807, 2.05) is 0 Å². The third-order valence-electron chi connectivity index (χ3n) is 3.60. The van der Waals surface area contributed by atoms with Crippen molar-refractivity contribution in [1.29, 1.82) is 0 Å². The molecule has 0 spiro atoms. The number of hydrogen-bond acceptors (Lipinski definition) is 4. The quantitative estimate of drug-likeness (QED) is 0.849. The highest BCUT2D eigenvalue weighted by Gasteiger charge is 2.21. The van der Waals surface area contributed by atoms with Gasteiger partial charge in [-0.15, -0.1) is 0 Å². The fourth-order valence-corrected chi connectivity index (χ4v) is 2.55. The van der Waals surface area contributed by atoms with Gasteiger partial charge in [-0.3, -0.25) is 4.68 Å². The number of allylic oxidation sites excluding steroid dienone is 1. The zero-order chi connectivity index (χ0) is 13.8. The van der Waals surface area contributed by atoms with Gasteiger partial charge in [0, 0.05) is 18.9 Å². The zero-order valence-corrected chi connectivity index (χ0v) is 11.6. The van der Waals surface area contributed by atoms with E-state index in [1.165, 1.54) is 39.2 Å². The summed E-state index contributed by atoms with van der Waals surface area (Å²) in [7, 11) is 3.14. The van der Waals surface area contributed by atoms with E-state index >= 15 is 0 Å². The van der Waals surface area contributed by atoms with Crippen molar-refractivity contribution in [2.75, 3.05) is 12.4 Å². The predicted molar refractivity (Wildman–Crippen MR) is 73.9 cm³/mol. The standard InChI is InChI=1S/C14H21N3O2/c1-10(11-7-5-4-6-8-11)15-12-9-17(2)16-13(12)14(18)19-3/h9,11,15H,1,4-8H2,2-3H3. The van der Waals surface area contributed by atoms with Gasteiger partial charge in [0.2, 0.25) is 0 Å². The Kier molecular flexibility index (Phi) is 4.24. The molecule has 0 aromatic carbocycles. The number of methoxy groups -OCH3 is 1. The minimum atomic E-state index is -0.431. The molecule has 0 radical (unpaired) electrons. The number of esters is 1. The van der Waals surface area contributed by atoms with E-state index < -0.39 is 5.97 Å². The molecule has 0 aliphatic heterocycles. The van der Waals surface area contributed by atoms with Crippen LogP contribution in [-0.4, -0.2) is 22.9 Å². The summed E-state index contributed by atoms with van der Waals surface area (Å²) in [5.74, 6) is 0.0546. The number of nitrogens with one attached hydrogen (secondary N) is 1. The second-order valence-corrected chi connectivity index (χ2v) is 5.04. The number of hydrogen-bond donors (Lipinski definition) is 1. The lowest BCUT2D eigenvalue weighted by molar-refractivity contribution is 0.0594. The lowest BCUT2D eigenvalue weighted by atomic mass is 9.87. The fraction of sp³-hybridized carbons (Fsp3) is 0.571. The molecule has 1 saturated carbocycles. The van der Waals surface area contributed by atoms with Crippen molar-refractivity contribution in [3.05, 3.63) is 24.2 Å². The average Bonchev–Trinajstić information content (AvgIpc) is 2.79. The predicted octanol–water partition coefficient (Wildman–Crippen LogP) is 2.71. The van der Waals surface area contributed by atoms with Crippen molar-refractivity contribution in [1.82, 2.24) is 9.78 Å². The number of aryl methyl sites for hydroxylation is 1. The SMILES string of the molecule is C=C(Nc1cn(C)nc1C(=O)OC)C1CCCCC1. The minimum absolute atomic E-state index is 0.307. The van der Waals surface area contributed by atoms with Gasteiger partial charge in [-0.25, -0.2) is 4.79 Å². The molecule has 5 nitrogen and oxygen atoms in total. The molecule has 1 aliphatic carbocycles. The number of aromatic nitrogens is 2. The summed E-state index contributed by atoms with van der Waals surface area (Å²) in [5.41, 5.74) is 1.95. The maximum atomic E-state index is 11.6. The summed E-state index contributed by atoms with van der Waals surface area (Å²) in [6.45, 7) is 4.11. The molecule has 0 unspecified atom stereocenters. The first-order valence-electron chi connectivity index (χ1n) is 6.69. The summed E-state index contributed by atoms with van der Waals surface area (Å²) in [6.07, 6.45) is 7.92. The second kappa shape index (κ2) is 5.91. The highest BCUT2D eigenvalue weighted by atomic mass is 16.5. The van der Waals surface area contributed by atoms with E-state index in [4.69, 9.17) is 4.74 Å². The van der Waals surface area contributed by atoms with Crippen LogP contribution in [0.4, 0.5) is 5.69 Å². The van der Waals surface area contributed by atoms with Gasteiger partial charge < -0.3 is 10.1 Å². The van der Waals surface area contributed by atoms with Gasteiger partial charge in [0.25, 0.3) is 0 Å². The monoisotopic (exact) mass is 263 g/mol. The molecule has 0 atom stereocenters. The second-order valence-electron chi connectivity index (χ2n) is 5.04. The topological polar surface area (TPSA) is 56.2 Å². The van der Waals surface area contributed by atoms with Crippen molar-refractivity contribution < 1.29 is 9.53 Å². The van der Waals surface area contributed by atoms with Gasteiger partial charge in [-0.2, -0.15) is 5.10 Å². The van der Waals surface area contributed by atoms with E-state index in [0.29, 0.717) is 17.3 Å². The summed E-state index contributed by atoms with van der Waals surface area (Å²) in [4.78, 5) is 11.6. The van der Waals surface area contributed by atoms with Crippen LogP contribution < -0.4 is 5.32 Å². The maximum absolute atomic E-state index is 11.6. The lowest BCUT2D eigenvalue weighted by Crippen LogP contribution is -2.15. The van der Waals surface area contributed by atoms with E-state index in [2.05, 4.69) is 17.0 Å². The Balaban J connectivity index is 2.09. The van der Waals surface area contributed by atoms with Gasteiger partial charge in [0.1, 0.15) is 0 Å². The minimum Gasteiger partial charge on any atom is -0.464 e. The first-order valence-corrected chi connectivity index (χ1v) is 6.69. The van der Waals surface area contributed by atoms with E-state index in [1.54, 1.807) is 17.9 Å². The molecule has 5 heteroatoms.